The van der Waals surface area contributed by atoms with Crippen molar-refractivity contribution in [2.75, 3.05) is 0 Å². The van der Waals surface area contributed by atoms with E-state index in [4.69, 9.17) is 4.42 Å². The summed E-state index contributed by atoms with van der Waals surface area (Å²) in [6.45, 7) is 0. The summed E-state index contributed by atoms with van der Waals surface area (Å²) in [7, 11) is 0. The van der Waals surface area contributed by atoms with Gasteiger partial charge in [-0.2, -0.15) is 5.10 Å². The largest absolute Gasteiger partial charge is 0.448 e. The first kappa shape index (κ1) is 13.2. The van der Waals surface area contributed by atoms with E-state index in [0.29, 0.717) is 11.3 Å². The van der Waals surface area contributed by atoms with E-state index in [1.165, 1.54) is 12.4 Å². The first-order valence-corrected chi connectivity index (χ1v) is 6.72. The highest BCUT2D eigenvalue weighted by Crippen LogP contribution is 2.21. The number of furan rings is 1. The summed E-state index contributed by atoms with van der Waals surface area (Å²) in [5.74, 6) is 0.234. The zero-order valence-electron chi connectivity index (χ0n) is 8.93. The molecule has 0 spiro atoms. The van der Waals surface area contributed by atoms with Gasteiger partial charge in [-0.05, 0) is 28.1 Å². The highest BCUT2D eigenvalue weighted by Gasteiger charge is 2.05. The van der Waals surface area contributed by atoms with Crippen molar-refractivity contribution in [2.45, 2.75) is 0 Å². The minimum atomic E-state index is -0.320. The van der Waals surface area contributed by atoms with Crippen LogP contribution in [-0.4, -0.2) is 17.1 Å². The molecule has 7 heteroatoms. The Bertz CT molecular complexity index is 564. The van der Waals surface area contributed by atoms with Crippen LogP contribution in [0.2, 0.25) is 0 Å². The van der Waals surface area contributed by atoms with Crippen molar-refractivity contribution in [3.63, 3.8) is 0 Å². The van der Waals surface area contributed by atoms with Crippen LogP contribution in [0.15, 0.2) is 44.6 Å². The van der Waals surface area contributed by atoms with Gasteiger partial charge in [0.15, 0.2) is 3.77 Å². The Kier molecular flexibility index (Phi) is 4.48. The van der Waals surface area contributed by atoms with Gasteiger partial charge < -0.3 is 4.42 Å². The number of carbonyl (C=O) groups excluding carboxylic acids is 1. The summed E-state index contributed by atoms with van der Waals surface area (Å²) in [6.07, 6.45) is 4.50. The van der Waals surface area contributed by atoms with E-state index in [1.54, 1.807) is 24.4 Å². The van der Waals surface area contributed by atoms with Crippen molar-refractivity contribution in [1.29, 1.82) is 0 Å². The molecule has 0 fully saturated rings. The molecule has 2 aromatic rings. The third-order valence-electron chi connectivity index (χ3n) is 1.95. The predicted octanol–water partition coefficient (Wildman–Crippen LogP) is 2.81. The van der Waals surface area contributed by atoms with E-state index in [-0.39, 0.29) is 5.91 Å². The third kappa shape index (κ3) is 3.39. The van der Waals surface area contributed by atoms with Crippen LogP contribution in [0.1, 0.15) is 16.1 Å². The second-order valence-electron chi connectivity index (χ2n) is 3.21. The average Bonchev–Trinajstić information content (AvgIpc) is 2.69. The molecule has 2 aromatic heterocycles. The van der Waals surface area contributed by atoms with Gasteiger partial charge in [0.25, 0.3) is 5.91 Å². The maximum Gasteiger partial charge on any atom is 0.272 e. The molecule has 92 valence electrons. The Morgan fingerprint density at radius 2 is 2.44 bits per heavy atom. The summed E-state index contributed by atoms with van der Waals surface area (Å²) in [5, 5.41) is 3.80. The fourth-order valence-electron chi connectivity index (χ4n) is 1.14. The second-order valence-corrected chi connectivity index (χ2v) is 5.05. The maximum atomic E-state index is 11.6. The molecule has 0 bridgehead atoms. The quantitative estimate of drug-likeness (QED) is 0.472. The monoisotopic (exact) mass is 419 g/mol. The van der Waals surface area contributed by atoms with Crippen molar-refractivity contribution in [2.24, 2.45) is 5.10 Å². The third-order valence-corrected chi connectivity index (χ3v) is 4.08. The Morgan fingerprint density at radius 1 is 1.61 bits per heavy atom. The van der Waals surface area contributed by atoms with Crippen molar-refractivity contribution < 1.29 is 9.21 Å². The molecule has 5 nitrogen and oxygen atoms in total. The van der Waals surface area contributed by atoms with Crippen LogP contribution in [-0.2, 0) is 0 Å². The van der Waals surface area contributed by atoms with E-state index in [9.17, 15) is 4.79 Å². The smallest absolute Gasteiger partial charge is 0.272 e. The van der Waals surface area contributed by atoms with Crippen molar-refractivity contribution in [3.8, 4) is 0 Å². The Morgan fingerprint density at radius 3 is 3.06 bits per heavy atom. The van der Waals surface area contributed by atoms with Gasteiger partial charge in [-0.1, -0.05) is 0 Å². The van der Waals surface area contributed by atoms with Crippen LogP contribution < -0.4 is 5.43 Å². The standard InChI is InChI=1S/C11H7BrIN3O2/c12-9-4-8(18-10(9)13)6-15-16-11(17)7-2-1-3-14-5-7/h1-6H,(H,16,17). The lowest BCUT2D eigenvalue weighted by atomic mass is 10.3. The maximum absolute atomic E-state index is 11.6. The molecule has 0 unspecified atom stereocenters. The van der Waals surface area contributed by atoms with Crippen LogP contribution in [0.25, 0.3) is 0 Å². The molecular formula is C11H7BrIN3O2. The van der Waals surface area contributed by atoms with Gasteiger partial charge in [0.1, 0.15) is 5.76 Å². The molecule has 18 heavy (non-hydrogen) atoms. The van der Waals surface area contributed by atoms with Gasteiger partial charge in [-0.3, -0.25) is 9.78 Å². The van der Waals surface area contributed by atoms with Gasteiger partial charge in [0.05, 0.1) is 16.3 Å². The Hall–Kier alpha value is -1.22. The number of carbonyl (C=O) groups is 1. The number of hydrogen-bond donors (Lipinski definition) is 1. The molecule has 0 saturated heterocycles. The number of aromatic nitrogens is 1. The number of amides is 1. The number of pyridine rings is 1. The Labute approximate surface area is 125 Å². The molecule has 0 atom stereocenters. The van der Waals surface area contributed by atoms with Gasteiger partial charge in [-0.25, -0.2) is 5.43 Å². The van der Waals surface area contributed by atoms with E-state index < -0.39 is 0 Å². The number of rotatable bonds is 3. The predicted molar refractivity (Wildman–Crippen MR) is 78.4 cm³/mol. The zero-order chi connectivity index (χ0) is 13.0. The van der Waals surface area contributed by atoms with Gasteiger partial charge in [0.2, 0.25) is 0 Å². The topological polar surface area (TPSA) is 67.5 Å². The molecule has 2 heterocycles. The fourth-order valence-corrected chi connectivity index (χ4v) is 1.86. The molecule has 0 saturated carbocycles. The highest BCUT2D eigenvalue weighted by molar-refractivity contribution is 14.1. The molecular weight excluding hydrogens is 413 g/mol. The van der Waals surface area contributed by atoms with Crippen LogP contribution in [0.5, 0.6) is 0 Å². The number of hydrogen-bond acceptors (Lipinski definition) is 4. The summed E-state index contributed by atoms with van der Waals surface area (Å²) < 4.78 is 6.91. The van der Waals surface area contributed by atoms with Crippen LogP contribution >= 0.6 is 38.5 Å². The lowest BCUT2D eigenvalue weighted by Gasteiger charge is -1.97. The lowest BCUT2D eigenvalue weighted by Crippen LogP contribution is -2.17. The summed E-state index contributed by atoms with van der Waals surface area (Å²) in [6, 6.07) is 5.11. The van der Waals surface area contributed by atoms with E-state index >= 15 is 0 Å². The molecule has 0 aromatic carbocycles. The highest BCUT2D eigenvalue weighted by atomic mass is 127. The summed E-state index contributed by atoms with van der Waals surface area (Å²) in [5.41, 5.74) is 2.84. The molecule has 0 aliphatic carbocycles. The minimum Gasteiger partial charge on any atom is -0.448 e. The normalized spacial score (nSPS) is 10.8. The summed E-state index contributed by atoms with van der Waals surface area (Å²) >= 11 is 5.36. The average molecular weight is 420 g/mol. The summed E-state index contributed by atoms with van der Waals surface area (Å²) in [4.78, 5) is 15.4. The fraction of sp³-hybridized carbons (Fsp3) is 0. The van der Waals surface area contributed by atoms with Crippen molar-refractivity contribution in [1.82, 2.24) is 10.4 Å². The molecule has 0 aliphatic rings. The second kappa shape index (κ2) is 6.10. The molecule has 0 radical (unpaired) electrons. The number of nitrogens with zero attached hydrogens (tertiary/aromatic N) is 2. The first-order chi connectivity index (χ1) is 8.66. The van der Waals surface area contributed by atoms with E-state index in [1.807, 2.05) is 22.6 Å². The number of nitrogens with one attached hydrogen (secondary N) is 1. The molecule has 2 rings (SSSR count). The lowest BCUT2D eigenvalue weighted by molar-refractivity contribution is 0.0955. The number of halogens is 2. The molecule has 1 N–H and O–H groups in total. The van der Waals surface area contributed by atoms with E-state index in [2.05, 4.69) is 31.4 Å². The molecule has 0 aliphatic heterocycles. The zero-order valence-corrected chi connectivity index (χ0v) is 12.7. The van der Waals surface area contributed by atoms with E-state index in [0.717, 1.165) is 8.24 Å². The molecule has 1 amide bonds. The van der Waals surface area contributed by atoms with Crippen molar-refractivity contribution >= 4 is 50.6 Å². The SMILES string of the molecule is O=C(NN=Cc1cc(Br)c(I)o1)c1cccnc1. The van der Waals surface area contributed by atoms with Gasteiger partial charge in [0, 0.05) is 41.1 Å². The van der Waals surface area contributed by atoms with Crippen LogP contribution in [0, 0.1) is 3.77 Å². The van der Waals surface area contributed by atoms with Gasteiger partial charge in [-0.15, -0.1) is 0 Å². The first-order valence-electron chi connectivity index (χ1n) is 4.85. The van der Waals surface area contributed by atoms with Crippen molar-refractivity contribution in [3.05, 3.63) is 50.2 Å². The minimum absolute atomic E-state index is 0.320. The van der Waals surface area contributed by atoms with Gasteiger partial charge >= 0.3 is 0 Å². The van der Waals surface area contributed by atoms with Crippen LogP contribution in [0.3, 0.4) is 0 Å². The van der Waals surface area contributed by atoms with Crippen LogP contribution in [0.4, 0.5) is 0 Å². The number of hydrazone groups is 1. The Balaban J connectivity index is 1.98.